The largest absolute Gasteiger partial charge is 0.327 e. The zero-order valence-corrected chi connectivity index (χ0v) is 20.6. The first kappa shape index (κ1) is 22.8. The average Bonchev–Trinajstić information content (AvgIpc) is 3.37. The predicted molar refractivity (Wildman–Crippen MR) is 127 cm³/mol. The van der Waals surface area contributed by atoms with Crippen molar-refractivity contribution in [3.63, 3.8) is 0 Å². The van der Waals surface area contributed by atoms with Gasteiger partial charge in [-0.1, -0.05) is 22.0 Å². The van der Waals surface area contributed by atoms with E-state index in [1.807, 2.05) is 0 Å². The molecule has 4 aromatic rings. The molecule has 1 amide bonds. The standard InChI is InChI=1S/C22H15BrF2N4O3S2/c1-11(15-3-2-14(24)8-17(15)25)29-10-12-6-13(23)7-18(20(12)22(29)30)28-34(31,32)21-16-9-27-33-19(16)4-5-26-21/h2-9,11,28H,10H2,1H3/t11-/m1/s1. The molecule has 0 spiro atoms. The van der Waals surface area contributed by atoms with Crippen LogP contribution in [0.2, 0.25) is 0 Å². The number of fused-ring (bicyclic) bond motifs is 2. The van der Waals surface area contributed by atoms with Gasteiger partial charge in [0, 0.05) is 28.8 Å². The second kappa shape index (κ2) is 8.36. The lowest BCUT2D eigenvalue weighted by Gasteiger charge is -2.25. The van der Waals surface area contributed by atoms with E-state index in [2.05, 4.69) is 30.0 Å². The quantitative estimate of drug-likeness (QED) is 0.357. The maximum absolute atomic E-state index is 14.4. The molecule has 3 heterocycles. The molecule has 2 aromatic heterocycles. The number of pyridine rings is 1. The van der Waals surface area contributed by atoms with Crippen molar-refractivity contribution in [2.24, 2.45) is 0 Å². The monoisotopic (exact) mass is 564 g/mol. The van der Waals surface area contributed by atoms with Crippen LogP contribution < -0.4 is 4.72 Å². The lowest BCUT2D eigenvalue weighted by Crippen LogP contribution is -2.28. The van der Waals surface area contributed by atoms with Gasteiger partial charge < -0.3 is 4.90 Å². The fourth-order valence-electron chi connectivity index (χ4n) is 4.02. The molecule has 0 saturated heterocycles. The number of nitrogens with zero attached hydrogens (tertiary/aromatic N) is 3. The smallest absolute Gasteiger partial charge is 0.280 e. The van der Waals surface area contributed by atoms with Crippen LogP contribution in [0.4, 0.5) is 14.5 Å². The Morgan fingerprint density at radius 1 is 1.21 bits per heavy atom. The summed E-state index contributed by atoms with van der Waals surface area (Å²) in [6.07, 6.45) is 2.81. The third-order valence-electron chi connectivity index (χ3n) is 5.63. The summed E-state index contributed by atoms with van der Waals surface area (Å²) in [5.41, 5.74) is 0.960. The van der Waals surface area contributed by atoms with E-state index in [0.717, 1.165) is 23.7 Å². The van der Waals surface area contributed by atoms with Gasteiger partial charge in [-0.15, -0.1) is 0 Å². The Kier molecular flexibility index (Phi) is 5.61. The number of nitrogens with one attached hydrogen (secondary N) is 1. The van der Waals surface area contributed by atoms with Crippen LogP contribution in [0.3, 0.4) is 0 Å². The highest BCUT2D eigenvalue weighted by atomic mass is 79.9. The minimum atomic E-state index is -4.16. The van der Waals surface area contributed by atoms with Crippen molar-refractivity contribution in [1.82, 2.24) is 14.3 Å². The normalized spacial score (nSPS) is 14.5. The highest BCUT2D eigenvalue weighted by Gasteiger charge is 2.36. The molecule has 34 heavy (non-hydrogen) atoms. The zero-order chi connectivity index (χ0) is 24.2. The number of amides is 1. The Hall–Kier alpha value is -2.96. The van der Waals surface area contributed by atoms with Gasteiger partial charge >= 0.3 is 0 Å². The molecule has 0 bridgehead atoms. The van der Waals surface area contributed by atoms with Gasteiger partial charge in [-0.2, -0.15) is 12.8 Å². The van der Waals surface area contributed by atoms with Crippen LogP contribution in [0.25, 0.3) is 10.1 Å². The fraction of sp³-hybridized carbons (Fsp3) is 0.136. The average molecular weight is 565 g/mol. The summed E-state index contributed by atoms with van der Waals surface area (Å²) in [4.78, 5) is 18.8. The molecule has 174 valence electrons. The summed E-state index contributed by atoms with van der Waals surface area (Å²) >= 11 is 4.51. The number of benzene rings is 2. The Balaban J connectivity index is 1.53. The van der Waals surface area contributed by atoms with E-state index < -0.39 is 33.6 Å². The van der Waals surface area contributed by atoms with Crippen LogP contribution in [0.5, 0.6) is 0 Å². The molecular formula is C22H15BrF2N4O3S2. The summed E-state index contributed by atoms with van der Waals surface area (Å²) in [5, 5.41) is 0.177. The highest BCUT2D eigenvalue weighted by molar-refractivity contribution is 9.10. The van der Waals surface area contributed by atoms with Crippen molar-refractivity contribution >= 4 is 59.2 Å². The van der Waals surface area contributed by atoms with E-state index in [1.165, 1.54) is 29.4 Å². The Morgan fingerprint density at radius 2 is 2.00 bits per heavy atom. The Morgan fingerprint density at radius 3 is 2.76 bits per heavy atom. The molecule has 1 aliphatic heterocycles. The maximum Gasteiger partial charge on any atom is 0.280 e. The van der Waals surface area contributed by atoms with E-state index in [1.54, 1.807) is 19.1 Å². The first-order chi connectivity index (χ1) is 16.2. The van der Waals surface area contributed by atoms with Crippen LogP contribution >= 0.6 is 27.5 Å². The van der Waals surface area contributed by atoms with Gasteiger partial charge in [0.05, 0.1) is 33.6 Å². The van der Waals surface area contributed by atoms with Crippen molar-refractivity contribution in [1.29, 1.82) is 0 Å². The third-order valence-corrected chi connectivity index (χ3v) is 8.17. The van der Waals surface area contributed by atoms with Crippen molar-refractivity contribution in [2.75, 3.05) is 4.72 Å². The van der Waals surface area contributed by atoms with Crippen LogP contribution in [0.15, 0.2) is 58.3 Å². The SMILES string of the molecule is C[C@H](c1ccc(F)cc1F)N1Cc2cc(Br)cc(NS(=O)(=O)c3nccc4sncc34)c2C1=O. The number of hydrogen-bond donors (Lipinski definition) is 1. The molecule has 5 rings (SSSR count). The van der Waals surface area contributed by atoms with Crippen molar-refractivity contribution < 1.29 is 22.0 Å². The molecule has 2 aromatic carbocycles. The molecule has 0 radical (unpaired) electrons. The first-order valence-electron chi connectivity index (χ1n) is 9.96. The van der Waals surface area contributed by atoms with Crippen molar-refractivity contribution in [3.8, 4) is 0 Å². The number of halogens is 3. The van der Waals surface area contributed by atoms with E-state index in [9.17, 15) is 22.0 Å². The van der Waals surface area contributed by atoms with Gasteiger partial charge in [0.15, 0.2) is 5.03 Å². The van der Waals surface area contributed by atoms with E-state index >= 15 is 0 Å². The highest BCUT2D eigenvalue weighted by Crippen LogP contribution is 2.38. The summed E-state index contributed by atoms with van der Waals surface area (Å²) < 4.78 is 61.9. The van der Waals surface area contributed by atoms with Gasteiger partial charge in [0.2, 0.25) is 0 Å². The Labute approximate surface area is 205 Å². The number of anilines is 1. The second-order valence-electron chi connectivity index (χ2n) is 7.72. The lowest BCUT2D eigenvalue weighted by molar-refractivity contribution is 0.0714. The number of rotatable bonds is 5. The molecule has 0 saturated carbocycles. The topological polar surface area (TPSA) is 92.3 Å². The van der Waals surface area contributed by atoms with Gasteiger partial charge in [-0.3, -0.25) is 9.52 Å². The first-order valence-corrected chi connectivity index (χ1v) is 13.0. The molecule has 12 heteroatoms. The molecule has 1 N–H and O–H groups in total. The Bertz CT molecular complexity index is 1580. The fourth-order valence-corrected chi connectivity index (χ4v) is 6.43. The number of aromatic nitrogens is 2. The maximum atomic E-state index is 14.4. The number of carbonyl (C=O) groups is 1. The molecule has 1 aliphatic rings. The number of carbonyl (C=O) groups excluding carboxylic acids is 1. The molecule has 7 nitrogen and oxygen atoms in total. The predicted octanol–water partition coefficient (Wildman–Crippen LogP) is 5.25. The van der Waals surface area contributed by atoms with Gasteiger partial charge in [0.25, 0.3) is 15.9 Å². The molecular weight excluding hydrogens is 550 g/mol. The van der Waals surface area contributed by atoms with Gasteiger partial charge in [-0.05, 0) is 48.3 Å². The molecule has 0 fully saturated rings. The summed E-state index contributed by atoms with van der Waals surface area (Å²) in [6.45, 7) is 1.76. The van der Waals surface area contributed by atoms with E-state index in [0.29, 0.717) is 20.1 Å². The number of sulfonamides is 1. The summed E-state index contributed by atoms with van der Waals surface area (Å²) in [5.74, 6) is -1.95. The lowest BCUT2D eigenvalue weighted by atomic mass is 10.1. The zero-order valence-electron chi connectivity index (χ0n) is 17.4. The minimum Gasteiger partial charge on any atom is -0.327 e. The summed E-state index contributed by atoms with van der Waals surface area (Å²) in [6, 6.07) is 7.35. The van der Waals surface area contributed by atoms with Gasteiger partial charge in [0.1, 0.15) is 11.6 Å². The third kappa shape index (κ3) is 3.85. The van der Waals surface area contributed by atoms with Crippen LogP contribution in [-0.2, 0) is 16.6 Å². The molecule has 0 unspecified atom stereocenters. The van der Waals surface area contributed by atoms with Crippen molar-refractivity contribution in [2.45, 2.75) is 24.5 Å². The van der Waals surface area contributed by atoms with E-state index in [-0.39, 0.29) is 28.4 Å². The van der Waals surface area contributed by atoms with Crippen LogP contribution in [-0.4, -0.2) is 28.6 Å². The number of hydrogen-bond acceptors (Lipinski definition) is 6. The van der Waals surface area contributed by atoms with Gasteiger partial charge in [-0.25, -0.2) is 13.8 Å². The molecule has 1 atom stereocenters. The summed E-state index contributed by atoms with van der Waals surface area (Å²) in [7, 11) is -4.16. The second-order valence-corrected chi connectivity index (χ2v) is 11.1. The van der Waals surface area contributed by atoms with E-state index in [4.69, 9.17) is 0 Å². The molecule has 0 aliphatic carbocycles. The minimum absolute atomic E-state index is 0.0747. The van der Waals surface area contributed by atoms with Crippen LogP contribution in [0, 0.1) is 11.6 Å². The van der Waals surface area contributed by atoms with Crippen molar-refractivity contribution in [3.05, 3.63) is 81.6 Å². The van der Waals surface area contributed by atoms with Crippen LogP contribution in [0.1, 0.15) is 34.5 Å².